The van der Waals surface area contributed by atoms with Crippen LogP contribution >= 0.6 is 11.3 Å². The Morgan fingerprint density at radius 2 is 1.84 bits per heavy atom. The topological polar surface area (TPSA) is 29.1 Å². The van der Waals surface area contributed by atoms with Gasteiger partial charge in [-0.2, -0.15) is 13.2 Å². The molecule has 2 rings (SSSR count). The first kappa shape index (κ1) is 19.5. The van der Waals surface area contributed by atoms with Gasteiger partial charge in [-0.25, -0.2) is 0 Å². The molecule has 0 spiro atoms. The molecule has 0 atom stereocenters. The summed E-state index contributed by atoms with van der Waals surface area (Å²) < 4.78 is 39.1. The van der Waals surface area contributed by atoms with Gasteiger partial charge in [-0.05, 0) is 48.6 Å². The molecule has 0 saturated heterocycles. The van der Waals surface area contributed by atoms with E-state index in [1.165, 1.54) is 11.3 Å². The third-order valence-electron chi connectivity index (χ3n) is 4.03. The van der Waals surface area contributed by atoms with Crippen molar-refractivity contribution in [3.05, 3.63) is 50.7 Å². The van der Waals surface area contributed by atoms with Crippen LogP contribution in [0.1, 0.15) is 59.1 Å². The van der Waals surface area contributed by atoms with E-state index in [2.05, 4.69) is 5.32 Å². The Morgan fingerprint density at radius 1 is 1.12 bits per heavy atom. The third-order valence-corrected chi connectivity index (χ3v) is 5.21. The van der Waals surface area contributed by atoms with Gasteiger partial charge in [0.1, 0.15) is 0 Å². The van der Waals surface area contributed by atoms with Gasteiger partial charge < -0.3 is 5.32 Å². The molecule has 0 fully saturated rings. The fourth-order valence-electron chi connectivity index (χ4n) is 2.76. The van der Waals surface area contributed by atoms with Gasteiger partial charge >= 0.3 is 6.18 Å². The van der Waals surface area contributed by atoms with E-state index in [1.54, 1.807) is 18.4 Å². The van der Waals surface area contributed by atoms with Gasteiger partial charge in [0, 0.05) is 15.9 Å². The average molecular weight is 369 g/mol. The highest BCUT2D eigenvalue weighted by Crippen LogP contribution is 2.33. The van der Waals surface area contributed by atoms with Gasteiger partial charge in [0.2, 0.25) is 0 Å². The predicted octanol–water partition coefficient (Wildman–Crippen LogP) is 6.10. The third kappa shape index (κ3) is 4.63. The van der Waals surface area contributed by atoms with E-state index in [0.29, 0.717) is 17.5 Å². The average Bonchev–Trinajstić information content (AvgIpc) is 2.97. The molecule has 2 nitrogen and oxygen atoms in total. The van der Waals surface area contributed by atoms with E-state index in [0.717, 1.165) is 41.8 Å². The zero-order valence-electron chi connectivity index (χ0n) is 14.6. The van der Waals surface area contributed by atoms with Crippen molar-refractivity contribution in [2.45, 2.75) is 52.6 Å². The fourth-order valence-corrected chi connectivity index (χ4v) is 3.79. The summed E-state index contributed by atoms with van der Waals surface area (Å²) in [7, 11) is 0. The number of carbonyl (C=O) groups excluding carboxylic acids is 1. The number of halogens is 3. The monoisotopic (exact) mass is 369 g/mol. The fraction of sp³-hybridized carbons (Fsp3) is 0.421. The lowest BCUT2D eigenvalue weighted by molar-refractivity contribution is -0.137. The molecule has 0 aliphatic carbocycles. The van der Waals surface area contributed by atoms with Crippen LogP contribution in [-0.4, -0.2) is 5.91 Å². The number of amides is 1. The second kappa shape index (κ2) is 8.04. The van der Waals surface area contributed by atoms with Gasteiger partial charge in [-0.3, -0.25) is 4.79 Å². The molecule has 1 amide bonds. The van der Waals surface area contributed by atoms with Crippen molar-refractivity contribution >= 4 is 22.9 Å². The molecule has 6 heteroatoms. The minimum absolute atomic E-state index is 0.184. The number of anilines is 1. The quantitative estimate of drug-likeness (QED) is 0.655. The van der Waals surface area contributed by atoms with Crippen molar-refractivity contribution in [1.29, 1.82) is 0 Å². The van der Waals surface area contributed by atoms with Crippen LogP contribution in [0.2, 0.25) is 0 Å². The standard InChI is InChI=1S/C19H22F3NOS/c1-4-7-15-16(11-25-17(15)6-3)18(24)23-14-9-12(5-2)8-13(10-14)19(20,21)22/h8-11H,4-7H2,1-3H3,(H,23,24). The highest BCUT2D eigenvalue weighted by atomic mass is 32.1. The first-order valence-corrected chi connectivity index (χ1v) is 9.29. The van der Waals surface area contributed by atoms with Gasteiger partial charge in [0.25, 0.3) is 5.91 Å². The van der Waals surface area contributed by atoms with Crippen molar-refractivity contribution in [2.75, 3.05) is 5.32 Å². The number of nitrogens with one attached hydrogen (secondary N) is 1. The van der Waals surface area contributed by atoms with Gasteiger partial charge in [-0.1, -0.05) is 27.2 Å². The maximum atomic E-state index is 13.0. The minimum Gasteiger partial charge on any atom is -0.322 e. The molecule has 0 saturated carbocycles. The molecule has 0 radical (unpaired) electrons. The maximum absolute atomic E-state index is 13.0. The van der Waals surface area contributed by atoms with E-state index in [-0.39, 0.29) is 11.6 Å². The lowest BCUT2D eigenvalue weighted by atomic mass is 10.0. The zero-order chi connectivity index (χ0) is 18.6. The van der Waals surface area contributed by atoms with Crippen molar-refractivity contribution in [3.8, 4) is 0 Å². The Morgan fingerprint density at radius 3 is 2.40 bits per heavy atom. The van der Waals surface area contributed by atoms with E-state index < -0.39 is 11.7 Å². The van der Waals surface area contributed by atoms with Crippen LogP contribution in [0.5, 0.6) is 0 Å². The maximum Gasteiger partial charge on any atom is 0.416 e. The molecule has 0 bridgehead atoms. The van der Waals surface area contributed by atoms with Crippen molar-refractivity contribution in [2.24, 2.45) is 0 Å². The van der Waals surface area contributed by atoms with Gasteiger partial charge in [-0.15, -0.1) is 11.3 Å². The van der Waals surface area contributed by atoms with E-state index in [1.807, 2.05) is 13.8 Å². The van der Waals surface area contributed by atoms with Crippen LogP contribution in [0.4, 0.5) is 18.9 Å². The van der Waals surface area contributed by atoms with Crippen LogP contribution in [0.3, 0.4) is 0 Å². The van der Waals surface area contributed by atoms with Crippen LogP contribution in [0.15, 0.2) is 23.6 Å². The summed E-state index contributed by atoms with van der Waals surface area (Å²) in [4.78, 5) is 13.8. The zero-order valence-corrected chi connectivity index (χ0v) is 15.4. The predicted molar refractivity (Wildman–Crippen MR) is 96.5 cm³/mol. The van der Waals surface area contributed by atoms with Crippen LogP contribution < -0.4 is 5.32 Å². The Labute approximate surface area is 150 Å². The van der Waals surface area contributed by atoms with Crippen molar-refractivity contribution in [3.63, 3.8) is 0 Å². The molecular weight excluding hydrogens is 347 g/mol. The van der Waals surface area contributed by atoms with Crippen LogP contribution in [0, 0.1) is 0 Å². The number of alkyl halides is 3. The first-order chi connectivity index (χ1) is 11.8. The number of aryl methyl sites for hydroxylation is 2. The summed E-state index contributed by atoms with van der Waals surface area (Å²) in [6, 6.07) is 3.71. The van der Waals surface area contributed by atoms with Crippen molar-refractivity contribution < 1.29 is 18.0 Å². The highest BCUT2D eigenvalue weighted by Gasteiger charge is 2.31. The number of hydrogen-bond acceptors (Lipinski definition) is 2. The SMILES string of the molecule is CCCc1c(C(=O)Nc2cc(CC)cc(C(F)(F)F)c2)csc1CC. The van der Waals surface area contributed by atoms with E-state index in [4.69, 9.17) is 0 Å². The molecule has 1 heterocycles. The smallest absolute Gasteiger partial charge is 0.322 e. The van der Waals surface area contributed by atoms with Crippen molar-refractivity contribution in [1.82, 2.24) is 0 Å². The number of benzene rings is 1. The first-order valence-electron chi connectivity index (χ1n) is 8.41. The lowest BCUT2D eigenvalue weighted by Gasteiger charge is -2.13. The molecule has 136 valence electrons. The molecule has 0 aliphatic rings. The van der Waals surface area contributed by atoms with Gasteiger partial charge in [0.15, 0.2) is 0 Å². The number of carbonyl (C=O) groups is 1. The normalized spacial score (nSPS) is 11.6. The summed E-state index contributed by atoms with van der Waals surface area (Å²) in [5.74, 6) is -0.347. The summed E-state index contributed by atoms with van der Waals surface area (Å²) in [5, 5.41) is 4.45. The second-order valence-electron chi connectivity index (χ2n) is 5.88. The summed E-state index contributed by atoms with van der Waals surface area (Å²) >= 11 is 1.53. The molecule has 25 heavy (non-hydrogen) atoms. The molecular formula is C19H22F3NOS. The summed E-state index contributed by atoms with van der Waals surface area (Å²) in [5.41, 5.74) is 1.56. The Bertz CT molecular complexity index is 750. The van der Waals surface area contributed by atoms with Crippen LogP contribution in [-0.2, 0) is 25.4 Å². The molecule has 1 N–H and O–H groups in total. The Balaban J connectivity index is 2.33. The summed E-state index contributed by atoms with van der Waals surface area (Å²) in [6.45, 7) is 5.86. The Hall–Kier alpha value is -1.82. The van der Waals surface area contributed by atoms with E-state index in [9.17, 15) is 18.0 Å². The van der Waals surface area contributed by atoms with E-state index >= 15 is 0 Å². The Kier molecular flexibility index (Phi) is 6.27. The molecule has 0 unspecified atom stereocenters. The second-order valence-corrected chi connectivity index (χ2v) is 6.84. The number of hydrogen-bond donors (Lipinski definition) is 1. The molecule has 1 aromatic carbocycles. The largest absolute Gasteiger partial charge is 0.416 e. The molecule has 2 aromatic rings. The molecule has 0 aliphatic heterocycles. The van der Waals surface area contributed by atoms with Gasteiger partial charge in [0.05, 0.1) is 11.1 Å². The minimum atomic E-state index is -4.43. The molecule has 1 aromatic heterocycles. The number of thiophene rings is 1. The highest BCUT2D eigenvalue weighted by molar-refractivity contribution is 7.10. The lowest BCUT2D eigenvalue weighted by Crippen LogP contribution is -2.15. The number of rotatable bonds is 6. The van der Waals surface area contributed by atoms with Crippen LogP contribution in [0.25, 0.3) is 0 Å². The summed E-state index contributed by atoms with van der Waals surface area (Å²) in [6.07, 6.45) is -1.43.